The van der Waals surface area contributed by atoms with E-state index in [1.165, 1.54) is 11.1 Å². The van der Waals surface area contributed by atoms with E-state index < -0.39 is 0 Å². The molecule has 1 unspecified atom stereocenters. The number of rotatable bonds is 2. The van der Waals surface area contributed by atoms with Crippen molar-refractivity contribution >= 4 is 0 Å². The van der Waals surface area contributed by atoms with E-state index in [0.717, 1.165) is 25.0 Å². The average molecular weight is 175 g/mol. The predicted octanol–water partition coefficient (Wildman–Crippen LogP) is 2.78. The molecule has 1 aliphatic heterocycles. The lowest BCUT2D eigenvalue weighted by Gasteiger charge is -2.05. The van der Waals surface area contributed by atoms with E-state index >= 15 is 0 Å². The summed E-state index contributed by atoms with van der Waals surface area (Å²) in [7, 11) is 0. The molecule has 0 saturated heterocycles. The van der Waals surface area contributed by atoms with Crippen LogP contribution in [-0.2, 0) is 12.8 Å². The normalized spacial score (nSPS) is 19.7. The molecular weight excluding hydrogens is 160 g/mol. The molecule has 1 atom stereocenters. The number of benzene rings is 1. The van der Waals surface area contributed by atoms with Crippen LogP contribution in [-0.4, -0.2) is 6.10 Å². The first-order valence-corrected chi connectivity index (χ1v) is 4.91. The zero-order valence-corrected chi connectivity index (χ0v) is 8.05. The number of hydrogen-bond donors (Lipinski definition) is 0. The molecule has 1 aliphatic rings. The quantitative estimate of drug-likeness (QED) is 0.671. The van der Waals surface area contributed by atoms with Gasteiger partial charge in [-0.05, 0) is 37.0 Å². The smallest absolute Gasteiger partial charge is 0.123 e. The third-order valence-corrected chi connectivity index (χ3v) is 2.61. The Morgan fingerprint density at radius 2 is 2.38 bits per heavy atom. The van der Waals surface area contributed by atoms with Gasteiger partial charge in [0, 0.05) is 6.42 Å². The summed E-state index contributed by atoms with van der Waals surface area (Å²) in [4.78, 5) is 0. The Bertz CT molecular complexity index is 304. The first-order chi connectivity index (χ1) is 6.33. The molecular formula is C12H15O. The fourth-order valence-corrected chi connectivity index (χ4v) is 1.76. The van der Waals surface area contributed by atoms with E-state index in [9.17, 15) is 0 Å². The van der Waals surface area contributed by atoms with Gasteiger partial charge in [-0.1, -0.05) is 19.1 Å². The molecule has 1 heterocycles. The molecule has 0 bridgehead atoms. The predicted molar refractivity (Wildman–Crippen MR) is 53.9 cm³/mol. The molecule has 1 nitrogen and oxygen atoms in total. The fraction of sp³-hybridized carbons (Fsp3) is 0.417. The second-order valence-electron chi connectivity index (χ2n) is 3.54. The van der Waals surface area contributed by atoms with Gasteiger partial charge in [0.05, 0.1) is 0 Å². The molecule has 0 fully saturated rings. The lowest BCUT2D eigenvalue weighted by molar-refractivity contribution is 0.228. The van der Waals surface area contributed by atoms with Gasteiger partial charge in [-0.3, -0.25) is 0 Å². The van der Waals surface area contributed by atoms with Crippen molar-refractivity contribution in [2.45, 2.75) is 32.3 Å². The second-order valence-corrected chi connectivity index (χ2v) is 3.54. The van der Waals surface area contributed by atoms with Crippen LogP contribution in [0, 0.1) is 6.92 Å². The van der Waals surface area contributed by atoms with Gasteiger partial charge in [0.1, 0.15) is 11.9 Å². The van der Waals surface area contributed by atoms with E-state index in [1.807, 2.05) is 0 Å². The standard InChI is InChI=1S/C12H15O/c1-3-9-5-6-12-10(7-9)8-11(4-2)13-12/h5-7,11H,1,3-4,8H2,2H3. The lowest BCUT2D eigenvalue weighted by Crippen LogP contribution is -2.10. The van der Waals surface area contributed by atoms with E-state index in [2.05, 4.69) is 32.0 Å². The van der Waals surface area contributed by atoms with Crippen LogP contribution in [0.1, 0.15) is 24.5 Å². The van der Waals surface area contributed by atoms with Crippen LogP contribution in [0.2, 0.25) is 0 Å². The van der Waals surface area contributed by atoms with Crippen molar-refractivity contribution in [1.29, 1.82) is 0 Å². The van der Waals surface area contributed by atoms with Gasteiger partial charge in [0.15, 0.2) is 0 Å². The maximum atomic E-state index is 5.74. The third kappa shape index (κ3) is 1.55. The van der Waals surface area contributed by atoms with Crippen LogP contribution in [0.4, 0.5) is 0 Å². The molecule has 0 amide bonds. The maximum absolute atomic E-state index is 5.74. The Hall–Kier alpha value is -0.980. The molecule has 0 aromatic heterocycles. The molecule has 1 radical (unpaired) electrons. The summed E-state index contributed by atoms with van der Waals surface area (Å²) in [6.45, 7) is 6.05. The Balaban J connectivity index is 2.25. The molecule has 1 heteroatoms. The maximum Gasteiger partial charge on any atom is 0.123 e. The Kier molecular flexibility index (Phi) is 2.26. The summed E-state index contributed by atoms with van der Waals surface area (Å²) in [5.74, 6) is 1.07. The summed E-state index contributed by atoms with van der Waals surface area (Å²) < 4.78 is 5.74. The van der Waals surface area contributed by atoms with Crippen molar-refractivity contribution < 1.29 is 4.74 Å². The van der Waals surface area contributed by atoms with Crippen LogP contribution in [0.5, 0.6) is 5.75 Å². The summed E-state index contributed by atoms with van der Waals surface area (Å²) in [6, 6.07) is 6.40. The summed E-state index contributed by atoms with van der Waals surface area (Å²) >= 11 is 0. The number of hydrogen-bond acceptors (Lipinski definition) is 1. The van der Waals surface area contributed by atoms with Crippen LogP contribution >= 0.6 is 0 Å². The summed E-state index contributed by atoms with van der Waals surface area (Å²) in [5.41, 5.74) is 2.66. The first-order valence-electron chi connectivity index (χ1n) is 4.91. The molecule has 13 heavy (non-hydrogen) atoms. The minimum atomic E-state index is 0.398. The van der Waals surface area contributed by atoms with E-state index in [0.29, 0.717) is 6.10 Å². The van der Waals surface area contributed by atoms with E-state index in [1.54, 1.807) is 0 Å². The molecule has 2 rings (SSSR count). The van der Waals surface area contributed by atoms with Gasteiger partial charge >= 0.3 is 0 Å². The zero-order chi connectivity index (χ0) is 9.26. The fourth-order valence-electron chi connectivity index (χ4n) is 1.76. The second kappa shape index (κ2) is 3.41. The highest BCUT2D eigenvalue weighted by atomic mass is 16.5. The van der Waals surface area contributed by atoms with Gasteiger partial charge in [-0.25, -0.2) is 0 Å². The van der Waals surface area contributed by atoms with Crippen molar-refractivity contribution in [1.82, 2.24) is 0 Å². The van der Waals surface area contributed by atoms with Gasteiger partial charge in [-0.15, -0.1) is 0 Å². The zero-order valence-electron chi connectivity index (χ0n) is 8.05. The molecule has 0 N–H and O–H groups in total. The molecule has 0 saturated carbocycles. The molecule has 0 spiro atoms. The van der Waals surface area contributed by atoms with Gasteiger partial charge in [0.25, 0.3) is 0 Å². The first kappa shape index (κ1) is 8.61. The Labute approximate surface area is 79.7 Å². The van der Waals surface area contributed by atoms with Crippen molar-refractivity contribution in [2.75, 3.05) is 0 Å². The monoisotopic (exact) mass is 175 g/mol. The average Bonchev–Trinajstić information content (AvgIpc) is 2.58. The molecule has 69 valence electrons. The summed E-state index contributed by atoms with van der Waals surface area (Å²) in [5, 5.41) is 0. The molecule has 1 aromatic rings. The van der Waals surface area contributed by atoms with Crippen molar-refractivity contribution in [3.8, 4) is 5.75 Å². The van der Waals surface area contributed by atoms with Crippen LogP contribution in [0.25, 0.3) is 0 Å². The SMILES string of the molecule is [CH2]Cc1ccc2c(c1)CC(CC)O2. The Morgan fingerprint density at radius 1 is 1.54 bits per heavy atom. The van der Waals surface area contributed by atoms with Crippen molar-refractivity contribution in [3.05, 3.63) is 36.2 Å². The lowest BCUT2D eigenvalue weighted by atomic mass is 10.0. The minimum absolute atomic E-state index is 0.398. The topological polar surface area (TPSA) is 9.23 Å². The van der Waals surface area contributed by atoms with Gasteiger partial charge in [-0.2, -0.15) is 0 Å². The summed E-state index contributed by atoms with van der Waals surface area (Å²) in [6.07, 6.45) is 3.42. The van der Waals surface area contributed by atoms with Crippen molar-refractivity contribution in [3.63, 3.8) is 0 Å². The highest BCUT2D eigenvalue weighted by Crippen LogP contribution is 2.30. The number of ether oxygens (including phenoxy) is 1. The van der Waals surface area contributed by atoms with Crippen LogP contribution in [0.3, 0.4) is 0 Å². The van der Waals surface area contributed by atoms with E-state index in [4.69, 9.17) is 4.74 Å². The largest absolute Gasteiger partial charge is 0.490 e. The van der Waals surface area contributed by atoms with Gasteiger partial charge in [0.2, 0.25) is 0 Å². The molecule has 1 aromatic carbocycles. The molecule has 0 aliphatic carbocycles. The van der Waals surface area contributed by atoms with Crippen LogP contribution < -0.4 is 4.74 Å². The van der Waals surface area contributed by atoms with Gasteiger partial charge < -0.3 is 4.74 Å². The minimum Gasteiger partial charge on any atom is -0.490 e. The Morgan fingerprint density at radius 3 is 3.08 bits per heavy atom. The third-order valence-electron chi connectivity index (χ3n) is 2.61. The number of fused-ring (bicyclic) bond motifs is 1. The van der Waals surface area contributed by atoms with Crippen molar-refractivity contribution in [2.24, 2.45) is 0 Å². The highest BCUT2D eigenvalue weighted by Gasteiger charge is 2.20. The highest BCUT2D eigenvalue weighted by molar-refractivity contribution is 5.40. The van der Waals surface area contributed by atoms with E-state index in [-0.39, 0.29) is 0 Å². The van der Waals surface area contributed by atoms with Crippen LogP contribution in [0.15, 0.2) is 18.2 Å².